The van der Waals surface area contributed by atoms with E-state index >= 15 is 0 Å². The molecular formula is C14H28O3Si. The second-order valence-electron chi connectivity index (χ2n) is 6.23. The number of aliphatic carboxylic acids is 1. The maximum Gasteiger partial charge on any atom is 0.369 e. The summed E-state index contributed by atoms with van der Waals surface area (Å²) in [5.74, 6) is -0.811. The second kappa shape index (κ2) is 6.97. The fraction of sp³-hybridized carbons (Fsp3) is 0.786. The molecular weight excluding hydrogens is 244 g/mol. The lowest BCUT2D eigenvalue weighted by molar-refractivity contribution is -0.135. The van der Waals surface area contributed by atoms with Gasteiger partial charge in [0.15, 0.2) is 5.76 Å². The van der Waals surface area contributed by atoms with Gasteiger partial charge in [-0.05, 0) is 37.0 Å². The first kappa shape index (κ1) is 17.2. The van der Waals surface area contributed by atoms with Crippen molar-refractivity contribution >= 4 is 14.3 Å². The molecule has 0 heterocycles. The number of allylic oxidation sites excluding steroid dienone is 1. The van der Waals surface area contributed by atoms with Crippen LogP contribution in [0.3, 0.4) is 0 Å². The molecule has 0 aromatic rings. The van der Waals surface area contributed by atoms with Gasteiger partial charge in [-0.25, -0.2) is 4.79 Å². The first-order valence-electron chi connectivity index (χ1n) is 6.74. The Labute approximate surface area is 112 Å². The quantitative estimate of drug-likeness (QED) is 0.320. The fourth-order valence-corrected chi connectivity index (χ4v) is 2.25. The summed E-state index contributed by atoms with van der Waals surface area (Å²) in [7, 11) is -2.05. The van der Waals surface area contributed by atoms with Crippen LogP contribution >= 0.6 is 0 Å². The Bertz CT molecular complexity index is 301. The normalized spacial score (nSPS) is 13.6. The van der Waals surface area contributed by atoms with Gasteiger partial charge in [0, 0.05) is 0 Å². The van der Waals surface area contributed by atoms with Crippen LogP contribution in [0.15, 0.2) is 11.8 Å². The molecule has 0 unspecified atom stereocenters. The Balaban J connectivity index is 4.69. The van der Waals surface area contributed by atoms with Gasteiger partial charge in [0.05, 0.1) is 0 Å². The third-order valence-electron chi connectivity index (χ3n) is 3.52. The molecule has 0 aliphatic heterocycles. The molecule has 4 heteroatoms. The largest absolute Gasteiger partial charge is 0.539 e. The smallest absolute Gasteiger partial charge is 0.369 e. The molecule has 0 saturated carbocycles. The summed E-state index contributed by atoms with van der Waals surface area (Å²) in [6.45, 7) is 12.6. The summed E-state index contributed by atoms with van der Waals surface area (Å²) in [4.78, 5) is 11.2. The first-order valence-corrected chi connectivity index (χ1v) is 9.65. The van der Waals surface area contributed by atoms with Crippen LogP contribution in [-0.4, -0.2) is 19.4 Å². The molecule has 0 spiro atoms. The molecule has 0 amide bonds. The zero-order valence-corrected chi connectivity index (χ0v) is 13.7. The zero-order chi connectivity index (χ0) is 14.4. The Hall–Kier alpha value is -0.773. The summed E-state index contributed by atoms with van der Waals surface area (Å²) in [5.41, 5.74) is 0. The average molecular weight is 272 g/mol. The molecule has 0 fully saturated rings. The molecule has 1 N–H and O–H groups in total. The van der Waals surface area contributed by atoms with Crippen LogP contribution in [0.4, 0.5) is 0 Å². The molecule has 0 aliphatic rings. The van der Waals surface area contributed by atoms with Crippen LogP contribution in [-0.2, 0) is 9.22 Å². The Morgan fingerprint density at radius 1 is 1.28 bits per heavy atom. The second-order valence-corrected chi connectivity index (χ2v) is 11.0. The molecule has 18 heavy (non-hydrogen) atoms. The van der Waals surface area contributed by atoms with Crippen LogP contribution in [0, 0.1) is 0 Å². The van der Waals surface area contributed by atoms with Crippen molar-refractivity contribution in [1.29, 1.82) is 0 Å². The minimum absolute atomic E-state index is 0.0188. The van der Waals surface area contributed by atoms with Crippen LogP contribution in [0.25, 0.3) is 0 Å². The molecule has 0 rings (SSSR count). The molecule has 3 nitrogen and oxygen atoms in total. The van der Waals surface area contributed by atoms with Crippen LogP contribution in [0.2, 0.25) is 18.1 Å². The lowest BCUT2D eigenvalue weighted by Crippen LogP contribution is -2.41. The summed E-state index contributed by atoms with van der Waals surface area (Å²) < 4.78 is 5.84. The minimum Gasteiger partial charge on any atom is -0.539 e. The van der Waals surface area contributed by atoms with E-state index in [0.29, 0.717) is 0 Å². The topological polar surface area (TPSA) is 46.5 Å². The summed E-state index contributed by atoms with van der Waals surface area (Å²) in [6.07, 6.45) is 5.81. The molecule has 0 aliphatic carbocycles. The van der Waals surface area contributed by atoms with Crippen molar-refractivity contribution in [2.45, 2.75) is 71.5 Å². The van der Waals surface area contributed by atoms with Crippen LogP contribution in [0.1, 0.15) is 53.4 Å². The highest BCUT2D eigenvalue weighted by molar-refractivity contribution is 6.74. The predicted molar refractivity (Wildman–Crippen MR) is 78.1 cm³/mol. The zero-order valence-electron chi connectivity index (χ0n) is 12.7. The van der Waals surface area contributed by atoms with Crippen molar-refractivity contribution in [3.8, 4) is 0 Å². The third-order valence-corrected chi connectivity index (χ3v) is 7.86. The molecule has 0 saturated heterocycles. The minimum atomic E-state index is -2.05. The van der Waals surface area contributed by atoms with E-state index in [0.717, 1.165) is 25.7 Å². The van der Waals surface area contributed by atoms with Gasteiger partial charge in [0.1, 0.15) is 0 Å². The summed E-state index contributed by atoms with van der Waals surface area (Å²) in [5, 5.41) is 9.21. The van der Waals surface area contributed by atoms with Crippen molar-refractivity contribution in [3.05, 3.63) is 11.8 Å². The number of carboxylic acids is 1. The van der Waals surface area contributed by atoms with E-state index in [1.54, 1.807) is 6.08 Å². The number of hydrogen-bond acceptors (Lipinski definition) is 2. The fourth-order valence-electron chi connectivity index (χ4n) is 1.23. The first-order chi connectivity index (χ1) is 8.12. The van der Waals surface area contributed by atoms with E-state index in [4.69, 9.17) is 4.43 Å². The van der Waals surface area contributed by atoms with Gasteiger partial charge >= 0.3 is 5.97 Å². The number of hydrogen-bond donors (Lipinski definition) is 1. The van der Waals surface area contributed by atoms with Crippen molar-refractivity contribution in [1.82, 2.24) is 0 Å². The maximum absolute atomic E-state index is 11.2. The van der Waals surface area contributed by atoms with E-state index in [1.807, 2.05) is 0 Å². The highest BCUT2D eigenvalue weighted by Crippen LogP contribution is 2.37. The van der Waals surface area contributed by atoms with E-state index < -0.39 is 14.3 Å². The highest BCUT2D eigenvalue weighted by atomic mass is 28.4. The number of carboxylic acid groups (broad SMARTS) is 1. The summed E-state index contributed by atoms with van der Waals surface area (Å²) >= 11 is 0. The Morgan fingerprint density at radius 3 is 2.22 bits per heavy atom. The number of unbranched alkanes of at least 4 members (excludes halogenated alkanes) is 3. The number of carbonyl (C=O) groups is 1. The molecule has 0 radical (unpaired) electrons. The molecule has 0 aromatic heterocycles. The van der Waals surface area contributed by atoms with E-state index in [2.05, 4.69) is 40.8 Å². The van der Waals surface area contributed by atoms with Gasteiger partial charge in [-0.15, -0.1) is 0 Å². The van der Waals surface area contributed by atoms with E-state index in [9.17, 15) is 9.90 Å². The lowest BCUT2D eigenvalue weighted by atomic mass is 10.2. The third kappa shape index (κ3) is 5.71. The van der Waals surface area contributed by atoms with Gasteiger partial charge < -0.3 is 9.53 Å². The maximum atomic E-state index is 11.2. The van der Waals surface area contributed by atoms with Crippen LogP contribution in [0.5, 0.6) is 0 Å². The Morgan fingerprint density at radius 2 is 1.83 bits per heavy atom. The van der Waals surface area contributed by atoms with Crippen molar-refractivity contribution < 1.29 is 14.3 Å². The highest BCUT2D eigenvalue weighted by Gasteiger charge is 2.40. The molecule has 0 aromatic carbocycles. The van der Waals surface area contributed by atoms with Gasteiger partial charge in [-0.1, -0.05) is 40.5 Å². The lowest BCUT2D eigenvalue weighted by Gasteiger charge is -2.36. The summed E-state index contributed by atoms with van der Waals surface area (Å²) in [6, 6.07) is 0. The standard InChI is InChI=1S/C14H28O3Si/c1-7-8-9-10-11-12(13(15)16)17-18(5,6)14(2,3)4/h11H,7-10H2,1-6H3,(H,15,16)/b12-11-. The van der Waals surface area contributed by atoms with Gasteiger partial charge in [0.2, 0.25) is 0 Å². The average Bonchev–Trinajstić information content (AvgIpc) is 2.20. The van der Waals surface area contributed by atoms with E-state index in [-0.39, 0.29) is 10.8 Å². The van der Waals surface area contributed by atoms with Gasteiger partial charge in [-0.2, -0.15) is 0 Å². The Kier molecular flexibility index (Phi) is 6.67. The van der Waals surface area contributed by atoms with Gasteiger partial charge in [-0.3, -0.25) is 0 Å². The van der Waals surface area contributed by atoms with Crippen molar-refractivity contribution in [2.75, 3.05) is 0 Å². The molecule has 0 atom stereocenters. The van der Waals surface area contributed by atoms with Crippen molar-refractivity contribution in [3.63, 3.8) is 0 Å². The number of rotatable bonds is 7. The van der Waals surface area contributed by atoms with Crippen LogP contribution < -0.4 is 0 Å². The predicted octanol–water partition coefficient (Wildman–Crippen LogP) is 4.56. The SMILES string of the molecule is CCCCC/C=C(\O[Si](C)(C)C(C)(C)C)C(=O)O. The van der Waals surface area contributed by atoms with Crippen molar-refractivity contribution in [2.24, 2.45) is 0 Å². The van der Waals surface area contributed by atoms with Gasteiger partial charge in [0.25, 0.3) is 8.32 Å². The monoisotopic (exact) mass is 272 g/mol. The van der Waals surface area contributed by atoms with E-state index in [1.165, 1.54) is 0 Å². The molecule has 0 bridgehead atoms. The molecule has 106 valence electrons.